The van der Waals surface area contributed by atoms with Gasteiger partial charge in [-0.15, -0.1) is 0 Å². The van der Waals surface area contributed by atoms with Crippen molar-refractivity contribution in [3.63, 3.8) is 0 Å². The van der Waals surface area contributed by atoms with Gasteiger partial charge in [0.2, 0.25) is 0 Å². The first-order valence-corrected chi connectivity index (χ1v) is 7.50. The molecule has 20 heavy (non-hydrogen) atoms. The molecule has 1 aliphatic rings. The second-order valence-electron chi connectivity index (χ2n) is 6.84. The van der Waals surface area contributed by atoms with Crippen LogP contribution in [0.4, 0.5) is 0 Å². The summed E-state index contributed by atoms with van der Waals surface area (Å²) < 4.78 is 0. The highest BCUT2D eigenvalue weighted by atomic mass is 16.2. The summed E-state index contributed by atoms with van der Waals surface area (Å²) in [5.74, 6) is 0.763. The summed E-state index contributed by atoms with van der Waals surface area (Å²) >= 11 is 0. The van der Waals surface area contributed by atoms with E-state index in [9.17, 15) is 4.79 Å². The summed E-state index contributed by atoms with van der Waals surface area (Å²) in [7, 11) is 0. The van der Waals surface area contributed by atoms with Crippen LogP contribution in [0, 0.1) is 11.3 Å². The number of benzene rings is 1. The number of likely N-dealkylation sites (tertiary alicyclic amines) is 1. The first-order valence-electron chi connectivity index (χ1n) is 7.50. The SMILES string of the molecule is CC(C)(C)C1CCN(C(=O)c2ccc(CCN)cc2)C1. The Labute approximate surface area is 122 Å². The van der Waals surface area contributed by atoms with Crippen molar-refractivity contribution in [2.45, 2.75) is 33.6 Å². The fraction of sp³-hybridized carbons (Fsp3) is 0.588. The van der Waals surface area contributed by atoms with E-state index in [4.69, 9.17) is 5.73 Å². The van der Waals surface area contributed by atoms with Crippen LogP contribution in [0.1, 0.15) is 43.1 Å². The van der Waals surface area contributed by atoms with Gasteiger partial charge in [-0.25, -0.2) is 0 Å². The lowest BCUT2D eigenvalue weighted by Gasteiger charge is -2.27. The number of amides is 1. The minimum absolute atomic E-state index is 0.163. The fourth-order valence-electron chi connectivity index (χ4n) is 2.81. The largest absolute Gasteiger partial charge is 0.338 e. The molecule has 1 saturated heterocycles. The molecule has 1 aromatic rings. The smallest absolute Gasteiger partial charge is 0.253 e. The van der Waals surface area contributed by atoms with Crippen LogP contribution < -0.4 is 5.73 Å². The Balaban J connectivity index is 2.01. The van der Waals surface area contributed by atoms with Crippen LogP contribution >= 0.6 is 0 Å². The highest BCUT2D eigenvalue weighted by molar-refractivity contribution is 5.94. The molecule has 1 amide bonds. The van der Waals surface area contributed by atoms with E-state index in [1.807, 2.05) is 29.2 Å². The van der Waals surface area contributed by atoms with Crippen LogP contribution in [0.25, 0.3) is 0 Å². The molecule has 0 aromatic heterocycles. The molecule has 0 spiro atoms. The number of hydrogen-bond acceptors (Lipinski definition) is 2. The van der Waals surface area contributed by atoms with E-state index in [0.29, 0.717) is 12.5 Å². The van der Waals surface area contributed by atoms with Gasteiger partial charge in [-0.3, -0.25) is 4.79 Å². The molecule has 3 nitrogen and oxygen atoms in total. The van der Waals surface area contributed by atoms with Crippen molar-refractivity contribution in [3.8, 4) is 0 Å². The van der Waals surface area contributed by atoms with E-state index in [1.54, 1.807) is 0 Å². The van der Waals surface area contributed by atoms with E-state index >= 15 is 0 Å². The topological polar surface area (TPSA) is 46.3 Å². The van der Waals surface area contributed by atoms with Gasteiger partial charge in [-0.1, -0.05) is 32.9 Å². The minimum Gasteiger partial charge on any atom is -0.338 e. The van der Waals surface area contributed by atoms with Gasteiger partial charge in [0.25, 0.3) is 5.91 Å². The van der Waals surface area contributed by atoms with Gasteiger partial charge >= 0.3 is 0 Å². The number of nitrogens with two attached hydrogens (primary N) is 1. The molecule has 1 aliphatic heterocycles. The molecular weight excluding hydrogens is 248 g/mol. The monoisotopic (exact) mass is 274 g/mol. The van der Waals surface area contributed by atoms with Crippen molar-refractivity contribution in [3.05, 3.63) is 35.4 Å². The van der Waals surface area contributed by atoms with Gasteiger partial charge in [0.15, 0.2) is 0 Å². The fourth-order valence-corrected chi connectivity index (χ4v) is 2.81. The lowest BCUT2D eigenvalue weighted by molar-refractivity contribution is 0.0776. The molecule has 1 heterocycles. The molecule has 0 saturated carbocycles. The summed E-state index contributed by atoms with van der Waals surface area (Å²) in [6, 6.07) is 7.88. The Kier molecular flexibility index (Phi) is 4.48. The predicted molar refractivity (Wildman–Crippen MR) is 82.7 cm³/mol. The molecule has 1 atom stereocenters. The Morgan fingerprint density at radius 3 is 2.45 bits per heavy atom. The highest BCUT2D eigenvalue weighted by Gasteiger charge is 2.33. The van der Waals surface area contributed by atoms with Crippen molar-refractivity contribution in [2.24, 2.45) is 17.1 Å². The zero-order valence-electron chi connectivity index (χ0n) is 12.9. The zero-order chi connectivity index (χ0) is 14.8. The van der Waals surface area contributed by atoms with Gasteiger partial charge in [0.05, 0.1) is 0 Å². The minimum atomic E-state index is 0.163. The maximum Gasteiger partial charge on any atom is 0.253 e. The van der Waals surface area contributed by atoms with E-state index in [-0.39, 0.29) is 11.3 Å². The van der Waals surface area contributed by atoms with Gasteiger partial charge in [0.1, 0.15) is 0 Å². The third-order valence-electron chi connectivity index (χ3n) is 4.33. The van der Waals surface area contributed by atoms with Crippen LogP contribution in [0.2, 0.25) is 0 Å². The first-order chi connectivity index (χ1) is 9.41. The Hall–Kier alpha value is -1.35. The molecule has 110 valence electrons. The second-order valence-corrected chi connectivity index (χ2v) is 6.84. The number of nitrogens with zero attached hydrogens (tertiary/aromatic N) is 1. The van der Waals surface area contributed by atoms with Gasteiger partial charge in [0, 0.05) is 18.7 Å². The third-order valence-corrected chi connectivity index (χ3v) is 4.33. The lowest BCUT2D eigenvalue weighted by Crippen LogP contribution is -2.31. The van der Waals surface area contributed by atoms with Crippen molar-refractivity contribution < 1.29 is 4.79 Å². The molecule has 0 radical (unpaired) electrons. The number of carbonyl (C=O) groups excluding carboxylic acids is 1. The van der Waals surface area contributed by atoms with Crippen molar-refractivity contribution in [2.75, 3.05) is 19.6 Å². The summed E-state index contributed by atoms with van der Waals surface area (Å²) in [6.45, 7) is 9.18. The summed E-state index contributed by atoms with van der Waals surface area (Å²) in [5, 5.41) is 0. The summed E-state index contributed by atoms with van der Waals surface area (Å²) in [5.41, 5.74) is 7.80. The molecular formula is C17H26N2O. The van der Waals surface area contributed by atoms with Crippen molar-refractivity contribution in [1.29, 1.82) is 0 Å². The van der Waals surface area contributed by atoms with Crippen LogP contribution in [-0.2, 0) is 6.42 Å². The molecule has 2 rings (SSSR count). The van der Waals surface area contributed by atoms with Crippen molar-refractivity contribution in [1.82, 2.24) is 4.90 Å². The first kappa shape index (κ1) is 15.0. The van der Waals surface area contributed by atoms with E-state index in [1.165, 1.54) is 5.56 Å². The molecule has 1 unspecified atom stereocenters. The van der Waals surface area contributed by atoms with Crippen LogP contribution in [-0.4, -0.2) is 30.4 Å². The van der Waals surface area contributed by atoms with Crippen molar-refractivity contribution >= 4 is 5.91 Å². The van der Waals surface area contributed by atoms with E-state index in [0.717, 1.165) is 31.5 Å². The Morgan fingerprint density at radius 2 is 1.95 bits per heavy atom. The van der Waals surface area contributed by atoms with Gasteiger partial charge < -0.3 is 10.6 Å². The van der Waals surface area contributed by atoms with Crippen LogP contribution in [0.5, 0.6) is 0 Å². The van der Waals surface area contributed by atoms with Gasteiger partial charge in [-0.05, 0) is 48.4 Å². The lowest BCUT2D eigenvalue weighted by atomic mass is 9.80. The molecule has 1 fully saturated rings. The highest BCUT2D eigenvalue weighted by Crippen LogP contribution is 2.34. The summed E-state index contributed by atoms with van der Waals surface area (Å²) in [4.78, 5) is 14.5. The van der Waals surface area contributed by atoms with Gasteiger partial charge in [-0.2, -0.15) is 0 Å². The maximum atomic E-state index is 12.5. The second kappa shape index (κ2) is 5.96. The van der Waals surface area contributed by atoms with Crippen LogP contribution in [0.3, 0.4) is 0 Å². The number of hydrogen-bond donors (Lipinski definition) is 1. The summed E-state index contributed by atoms with van der Waals surface area (Å²) in [6.07, 6.45) is 1.98. The molecule has 3 heteroatoms. The van der Waals surface area contributed by atoms with E-state index < -0.39 is 0 Å². The molecule has 1 aromatic carbocycles. The number of rotatable bonds is 3. The average Bonchev–Trinajstić information content (AvgIpc) is 2.89. The normalized spacial score (nSPS) is 19.4. The standard InChI is InChI=1S/C17H26N2O/c1-17(2,3)15-9-11-19(12-15)16(20)14-6-4-13(5-7-14)8-10-18/h4-7,15H,8-12,18H2,1-3H3. The predicted octanol–water partition coefficient (Wildman–Crippen LogP) is 2.70. The Morgan fingerprint density at radius 1 is 1.30 bits per heavy atom. The third kappa shape index (κ3) is 3.40. The average molecular weight is 274 g/mol. The number of carbonyl (C=O) groups is 1. The molecule has 0 aliphatic carbocycles. The van der Waals surface area contributed by atoms with Crippen LogP contribution in [0.15, 0.2) is 24.3 Å². The Bertz CT molecular complexity index is 459. The van der Waals surface area contributed by atoms with E-state index in [2.05, 4.69) is 20.8 Å². The molecule has 2 N–H and O–H groups in total. The maximum absolute atomic E-state index is 12.5. The quantitative estimate of drug-likeness (QED) is 0.921. The molecule has 0 bridgehead atoms. The zero-order valence-corrected chi connectivity index (χ0v) is 12.9.